The molecule has 0 spiro atoms. The third-order valence-corrected chi connectivity index (χ3v) is 7.19. The Morgan fingerprint density at radius 3 is 2.72 bits per heavy atom. The Labute approximate surface area is 129 Å². The van der Waals surface area contributed by atoms with Crippen LogP contribution in [0.4, 0.5) is 0 Å². The van der Waals surface area contributed by atoms with Gasteiger partial charge in [0.1, 0.15) is 0 Å². The summed E-state index contributed by atoms with van der Waals surface area (Å²) in [5.74, 6) is 0.856. The van der Waals surface area contributed by atoms with Gasteiger partial charge in [-0.1, -0.05) is 22.9 Å². The van der Waals surface area contributed by atoms with Crippen LogP contribution in [-0.4, -0.2) is 36.8 Å². The molecule has 1 saturated heterocycles. The van der Waals surface area contributed by atoms with Crippen LogP contribution in [0.1, 0.15) is 6.92 Å². The van der Waals surface area contributed by atoms with Gasteiger partial charge in [-0.3, -0.25) is 0 Å². The van der Waals surface area contributed by atoms with Crippen molar-refractivity contribution >= 4 is 53.6 Å². The normalized spacial score (nSPS) is 22.1. The van der Waals surface area contributed by atoms with E-state index >= 15 is 0 Å². The van der Waals surface area contributed by atoms with Crippen LogP contribution in [-0.2, 0) is 10.0 Å². The second kappa shape index (κ2) is 5.83. The molecule has 0 N–H and O–H groups in total. The van der Waals surface area contributed by atoms with E-state index in [2.05, 4.69) is 38.8 Å². The highest BCUT2D eigenvalue weighted by atomic mass is 79.9. The number of sulfonamides is 1. The van der Waals surface area contributed by atoms with E-state index in [0.717, 1.165) is 10.2 Å². The van der Waals surface area contributed by atoms with Gasteiger partial charge in [0.25, 0.3) is 0 Å². The summed E-state index contributed by atoms with van der Waals surface area (Å²) in [4.78, 5) is 0.338. The second-order valence-corrected chi connectivity index (χ2v) is 9.34. The van der Waals surface area contributed by atoms with Crippen LogP contribution in [0.2, 0.25) is 0 Å². The zero-order valence-corrected chi connectivity index (χ0v) is 14.6. The predicted octanol–water partition coefficient (Wildman–Crippen LogP) is 3.34. The van der Waals surface area contributed by atoms with Crippen molar-refractivity contribution < 1.29 is 8.42 Å². The van der Waals surface area contributed by atoms with Crippen LogP contribution < -0.4 is 0 Å². The van der Waals surface area contributed by atoms with E-state index in [-0.39, 0.29) is 0 Å². The quantitative estimate of drug-likeness (QED) is 0.744. The zero-order valence-electron chi connectivity index (χ0n) is 9.77. The number of benzene rings is 1. The molecule has 1 aromatic carbocycles. The minimum Gasteiger partial charge on any atom is -0.207 e. The van der Waals surface area contributed by atoms with Crippen molar-refractivity contribution in [1.29, 1.82) is 0 Å². The minimum absolute atomic E-state index is 0.338. The van der Waals surface area contributed by atoms with Crippen molar-refractivity contribution in [3.05, 3.63) is 27.1 Å². The molecule has 1 heterocycles. The highest BCUT2D eigenvalue weighted by molar-refractivity contribution is 9.11. The van der Waals surface area contributed by atoms with Crippen LogP contribution >= 0.6 is 43.6 Å². The van der Waals surface area contributed by atoms with E-state index < -0.39 is 10.0 Å². The summed E-state index contributed by atoms with van der Waals surface area (Å²) < 4.78 is 28.1. The molecule has 1 atom stereocenters. The lowest BCUT2D eigenvalue weighted by Crippen LogP contribution is -2.41. The molecule has 1 aliphatic rings. The third kappa shape index (κ3) is 3.12. The number of halogens is 2. The van der Waals surface area contributed by atoms with Gasteiger partial charge in [-0.05, 0) is 34.1 Å². The summed E-state index contributed by atoms with van der Waals surface area (Å²) in [7, 11) is -3.39. The number of nitrogens with zero attached hydrogens (tertiary/aromatic N) is 1. The molecule has 0 aliphatic carbocycles. The summed E-state index contributed by atoms with van der Waals surface area (Å²) in [6.45, 7) is 3.22. The number of hydrogen-bond acceptors (Lipinski definition) is 3. The lowest BCUT2D eigenvalue weighted by Gasteiger charge is -2.30. The second-order valence-electron chi connectivity index (χ2n) is 4.12. The molecule has 0 saturated carbocycles. The van der Waals surface area contributed by atoms with Gasteiger partial charge in [0.15, 0.2) is 0 Å². The zero-order chi connectivity index (χ0) is 13.3. The largest absolute Gasteiger partial charge is 0.244 e. The van der Waals surface area contributed by atoms with Crippen molar-refractivity contribution in [3.63, 3.8) is 0 Å². The molecule has 0 bridgehead atoms. The monoisotopic (exact) mass is 413 g/mol. The van der Waals surface area contributed by atoms with Crippen LogP contribution in [0.5, 0.6) is 0 Å². The van der Waals surface area contributed by atoms with Gasteiger partial charge in [-0.15, -0.1) is 0 Å². The Hall–Kier alpha value is 0.440. The molecule has 0 radical (unpaired) electrons. The molecular formula is C11H13Br2NO2S2. The minimum atomic E-state index is -3.39. The topological polar surface area (TPSA) is 37.4 Å². The van der Waals surface area contributed by atoms with Crippen molar-refractivity contribution in [1.82, 2.24) is 4.31 Å². The Morgan fingerprint density at radius 2 is 2.11 bits per heavy atom. The highest BCUT2D eigenvalue weighted by Crippen LogP contribution is 2.30. The highest BCUT2D eigenvalue weighted by Gasteiger charge is 2.30. The maximum Gasteiger partial charge on any atom is 0.244 e. The summed E-state index contributed by atoms with van der Waals surface area (Å²) in [6, 6.07) is 5.14. The number of hydrogen-bond donors (Lipinski definition) is 0. The van der Waals surface area contributed by atoms with Gasteiger partial charge in [-0.25, -0.2) is 8.42 Å². The van der Waals surface area contributed by atoms with Crippen molar-refractivity contribution in [3.8, 4) is 0 Å². The van der Waals surface area contributed by atoms with E-state index in [1.54, 1.807) is 22.5 Å². The lowest BCUT2D eigenvalue weighted by molar-refractivity contribution is 0.424. The maximum absolute atomic E-state index is 12.5. The lowest BCUT2D eigenvalue weighted by atomic mass is 10.4. The molecule has 0 aromatic heterocycles. The fourth-order valence-electron chi connectivity index (χ4n) is 1.83. The van der Waals surface area contributed by atoms with E-state index in [4.69, 9.17) is 0 Å². The summed E-state index contributed by atoms with van der Waals surface area (Å²) in [6.07, 6.45) is 0. The average molecular weight is 415 g/mol. The molecule has 2 rings (SSSR count). The van der Waals surface area contributed by atoms with Crippen LogP contribution in [0, 0.1) is 0 Å². The van der Waals surface area contributed by atoms with Crippen molar-refractivity contribution in [2.45, 2.75) is 17.1 Å². The van der Waals surface area contributed by atoms with E-state index in [1.807, 2.05) is 11.8 Å². The molecule has 3 nitrogen and oxygen atoms in total. The fraction of sp³-hybridized carbons (Fsp3) is 0.455. The molecule has 1 aliphatic heterocycles. The SMILES string of the molecule is CC1CN(S(=O)(=O)c2ccc(Br)cc2Br)CCS1. The predicted molar refractivity (Wildman–Crippen MR) is 82.5 cm³/mol. The van der Waals surface area contributed by atoms with Gasteiger partial charge < -0.3 is 0 Å². The molecule has 1 aromatic rings. The van der Waals surface area contributed by atoms with Crippen molar-refractivity contribution in [2.24, 2.45) is 0 Å². The first kappa shape index (κ1) is 14.8. The Kier molecular flexibility index (Phi) is 4.80. The van der Waals surface area contributed by atoms with Gasteiger partial charge in [0.2, 0.25) is 10.0 Å². The first-order valence-corrected chi connectivity index (χ1v) is 9.55. The van der Waals surface area contributed by atoms with Crippen LogP contribution in [0.25, 0.3) is 0 Å². The van der Waals surface area contributed by atoms with Crippen LogP contribution in [0.15, 0.2) is 32.0 Å². The first-order chi connectivity index (χ1) is 8.41. The van der Waals surface area contributed by atoms with Gasteiger partial charge >= 0.3 is 0 Å². The van der Waals surface area contributed by atoms with E-state index in [1.165, 1.54) is 0 Å². The van der Waals surface area contributed by atoms with Gasteiger partial charge in [0.05, 0.1) is 4.90 Å². The Morgan fingerprint density at radius 1 is 1.39 bits per heavy atom. The molecular weight excluding hydrogens is 402 g/mol. The van der Waals surface area contributed by atoms with E-state index in [9.17, 15) is 8.42 Å². The van der Waals surface area contributed by atoms with Gasteiger partial charge in [0, 0.05) is 33.0 Å². The van der Waals surface area contributed by atoms with Gasteiger partial charge in [-0.2, -0.15) is 16.1 Å². The van der Waals surface area contributed by atoms with Crippen LogP contribution in [0.3, 0.4) is 0 Å². The smallest absolute Gasteiger partial charge is 0.207 e. The number of rotatable bonds is 2. The summed E-state index contributed by atoms with van der Waals surface area (Å²) >= 11 is 8.46. The Balaban J connectivity index is 2.35. The summed E-state index contributed by atoms with van der Waals surface area (Å²) in [5, 5.41) is 0.350. The molecule has 0 amide bonds. The maximum atomic E-state index is 12.5. The molecule has 7 heteroatoms. The first-order valence-electron chi connectivity index (χ1n) is 5.48. The molecule has 1 fully saturated rings. The summed E-state index contributed by atoms with van der Waals surface area (Å²) in [5.41, 5.74) is 0. The molecule has 18 heavy (non-hydrogen) atoms. The average Bonchev–Trinajstić information content (AvgIpc) is 2.28. The van der Waals surface area contributed by atoms with E-state index in [0.29, 0.717) is 27.7 Å². The Bertz CT molecular complexity index is 548. The number of thioether (sulfide) groups is 1. The van der Waals surface area contributed by atoms with Crippen molar-refractivity contribution in [2.75, 3.05) is 18.8 Å². The molecule has 100 valence electrons. The third-order valence-electron chi connectivity index (χ3n) is 2.72. The fourth-order valence-corrected chi connectivity index (χ4v) is 6.29. The standard InChI is InChI=1S/C11H13Br2NO2S2/c1-8-7-14(4-5-17-8)18(15,16)11-3-2-9(12)6-10(11)13/h2-3,6,8H,4-5,7H2,1H3. The molecule has 1 unspecified atom stereocenters.